The van der Waals surface area contributed by atoms with Crippen molar-refractivity contribution in [2.75, 3.05) is 0 Å². The van der Waals surface area contributed by atoms with Crippen molar-refractivity contribution in [3.8, 4) is 16.9 Å². The Morgan fingerprint density at radius 3 is 1.88 bits per heavy atom. The molecule has 0 radical (unpaired) electrons. The Balaban J connectivity index is 1.45. The predicted octanol–water partition coefficient (Wildman–Crippen LogP) is 9.66. The van der Waals surface area contributed by atoms with Gasteiger partial charge >= 0.3 is 5.97 Å². The molecule has 0 amide bonds. The van der Waals surface area contributed by atoms with Crippen molar-refractivity contribution in [3.05, 3.63) is 76.0 Å². The van der Waals surface area contributed by atoms with E-state index in [1.54, 1.807) is 11.3 Å². The number of hydrogen-bond acceptors (Lipinski definition) is 3. The van der Waals surface area contributed by atoms with Crippen molar-refractivity contribution < 1.29 is 9.53 Å². The topological polar surface area (TPSA) is 26.3 Å². The molecule has 3 aromatic rings. The second-order valence-corrected chi connectivity index (χ2v) is 10.4. The van der Waals surface area contributed by atoms with Gasteiger partial charge in [-0.3, -0.25) is 0 Å². The fourth-order valence-electron chi connectivity index (χ4n) is 4.19. The number of carbonyl (C=O) groups is 1. The van der Waals surface area contributed by atoms with Crippen LogP contribution in [0, 0.1) is 0 Å². The zero-order chi connectivity index (χ0) is 24.0. The maximum absolute atomic E-state index is 12.6. The summed E-state index contributed by atoms with van der Waals surface area (Å²) in [5.41, 5.74) is 3.71. The fourth-order valence-corrected chi connectivity index (χ4v) is 5.12. The summed E-state index contributed by atoms with van der Waals surface area (Å²) in [5, 5.41) is 0. The number of ether oxygens (including phenoxy) is 1. The number of benzene rings is 2. The molecular formula is C31H40O2S. The first-order valence-electron chi connectivity index (χ1n) is 13.2. The minimum Gasteiger partial charge on any atom is -0.422 e. The van der Waals surface area contributed by atoms with Crippen molar-refractivity contribution in [1.29, 1.82) is 0 Å². The van der Waals surface area contributed by atoms with Crippen molar-refractivity contribution in [2.45, 2.75) is 90.9 Å². The van der Waals surface area contributed by atoms with Gasteiger partial charge in [0.25, 0.3) is 0 Å². The molecule has 0 unspecified atom stereocenters. The zero-order valence-corrected chi connectivity index (χ0v) is 21.8. The summed E-state index contributed by atoms with van der Waals surface area (Å²) in [4.78, 5) is 14.5. The molecule has 3 rings (SSSR count). The molecule has 2 nitrogen and oxygen atoms in total. The van der Waals surface area contributed by atoms with Crippen LogP contribution in [0.2, 0.25) is 0 Å². The van der Waals surface area contributed by atoms with E-state index in [0.29, 0.717) is 10.6 Å². The first-order valence-corrected chi connectivity index (χ1v) is 14.0. The Bertz CT molecular complexity index is 969. The van der Waals surface area contributed by atoms with Crippen LogP contribution in [0.5, 0.6) is 5.75 Å². The summed E-state index contributed by atoms with van der Waals surface area (Å²) in [6, 6.07) is 20.6. The largest absolute Gasteiger partial charge is 0.422 e. The number of carbonyl (C=O) groups excluding carboxylic acids is 1. The van der Waals surface area contributed by atoms with Crippen molar-refractivity contribution in [1.82, 2.24) is 0 Å². The first-order chi connectivity index (χ1) is 16.7. The lowest BCUT2D eigenvalue weighted by molar-refractivity contribution is 0.0740. The van der Waals surface area contributed by atoms with Crippen molar-refractivity contribution >= 4 is 17.3 Å². The molecule has 182 valence electrons. The van der Waals surface area contributed by atoms with E-state index in [4.69, 9.17) is 4.74 Å². The molecule has 34 heavy (non-hydrogen) atoms. The summed E-state index contributed by atoms with van der Waals surface area (Å²) in [5.74, 6) is 0.326. The lowest BCUT2D eigenvalue weighted by atomic mass is 10.0. The van der Waals surface area contributed by atoms with Crippen LogP contribution in [0.1, 0.15) is 98.2 Å². The van der Waals surface area contributed by atoms with Gasteiger partial charge in [0.1, 0.15) is 10.6 Å². The molecule has 0 spiro atoms. The minimum absolute atomic E-state index is 0.264. The highest BCUT2D eigenvalue weighted by Gasteiger charge is 2.12. The molecule has 0 atom stereocenters. The van der Waals surface area contributed by atoms with E-state index in [0.717, 1.165) is 18.4 Å². The third-order valence-electron chi connectivity index (χ3n) is 6.31. The highest BCUT2D eigenvalue weighted by atomic mass is 32.1. The highest BCUT2D eigenvalue weighted by Crippen LogP contribution is 2.25. The molecule has 0 aliphatic heterocycles. The Hall–Kier alpha value is -2.39. The number of hydrogen-bond donors (Lipinski definition) is 0. The fraction of sp³-hybridized carbons (Fsp3) is 0.452. The van der Waals surface area contributed by atoms with Crippen LogP contribution < -0.4 is 4.74 Å². The molecular weight excluding hydrogens is 436 g/mol. The Morgan fingerprint density at radius 2 is 1.21 bits per heavy atom. The van der Waals surface area contributed by atoms with Gasteiger partial charge in [0, 0.05) is 4.88 Å². The molecule has 1 heterocycles. The Labute approximate surface area is 210 Å². The van der Waals surface area contributed by atoms with E-state index in [1.165, 1.54) is 80.2 Å². The number of unbranched alkanes of at least 4 members (excludes halogenated alkanes) is 8. The van der Waals surface area contributed by atoms with E-state index in [1.807, 2.05) is 30.3 Å². The van der Waals surface area contributed by atoms with Gasteiger partial charge in [-0.25, -0.2) is 4.79 Å². The van der Waals surface area contributed by atoms with Gasteiger partial charge in [-0.05, 0) is 66.6 Å². The third kappa shape index (κ3) is 8.76. The molecule has 0 bridgehead atoms. The maximum Gasteiger partial charge on any atom is 0.353 e. The number of aryl methyl sites for hydroxylation is 2. The van der Waals surface area contributed by atoms with Crippen molar-refractivity contribution in [3.63, 3.8) is 0 Å². The molecule has 0 aliphatic carbocycles. The second kappa shape index (κ2) is 14.8. The Morgan fingerprint density at radius 1 is 0.647 bits per heavy atom. The summed E-state index contributed by atoms with van der Waals surface area (Å²) in [7, 11) is 0. The van der Waals surface area contributed by atoms with E-state index < -0.39 is 0 Å². The van der Waals surface area contributed by atoms with E-state index in [9.17, 15) is 4.79 Å². The van der Waals surface area contributed by atoms with Gasteiger partial charge in [-0.15, -0.1) is 11.3 Å². The number of esters is 1. The van der Waals surface area contributed by atoms with Gasteiger partial charge in [0.2, 0.25) is 0 Å². The quantitative estimate of drug-likeness (QED) is 0.124. The van der Waals surface area contributed by atoms with Gasteiger partial charge in [0.05, 0.1) is 0 Å². The lowest BCUT2D eigenvalue weighted by Gasteiger charge is -2.07. The molecule has 0 N–H and O–H groups in total. The van der Waals surface area contributed by atoms with Crippen LogP contribution in [-0.4, -0.2) is 5.97 Å². The van der Waals surface area contributed by atoms with E-state index >= 15 is 0 Å². The molecule has 0 fully saturated rings. The summed E-state index contributed by atoms with van der Waals surface area (Å²) >= 11 is 1.57. The monoisotopic (exact) mass is 476 g/mol. The molecule has 0 aliphatic rings. The van der Waals surface area contributed by atoms with Crippen LogP contribution in [0.25, 0.3) is 11.1 Å². The summed E-state index contributed by atoms with van der Waals surface area (Å²) in [6.07, 6.45) is 15.1. The first kappa shape index (κ1) is 26.2. The maximum atomic E-state index is 12.6. The van der Waals surface area contributed by atoms with E-state index in [-0.39, 0.29) is 5.97 Å². The summed E-state index contributed by atoms with van der Waals surface area (Å²) < 4.78 is 5.63. The minimum atomic E-state index is -0.264. The second-order valence-electron chi connectivity index (χ2n) is 9.21. The normalized spacial score (nSPS) is 11.0. The van der Waals surface area contributed by atoms with E-state index in [2.05, 4.69) is 44.2 Å². The SMILES string of the molecule is CCCCCCCCCc1ccc(C(=O)Oc2ccc(-c3ccc(CCCCC)cc3)cc2)s1. The lowest BCUT2D eigenvalue weighted by Crippen LogP contribution is -2.06. The Kier molecular flexibility index (Phi) is 11.4. The van der Waals surface area contributed by atoms with Gasteiger partial charge in [0.15, 0.2) is 0 Å². The highest BCUT2D eigenvalue weighted by molar-refractivity contribution is 7.13. The molecule has 3 heteroatoms. The van der Waals surface area contributed by atoms with Crippen LogP contribution in [0.15, 0.2) is 60.7 Å². The molecule has 1 aromatic heterocycles. The third-order valence-corrected chi connectivity index (χ3v) is 7.44. The summed E-state index contributed by atoms with van der Waals surface area (Å²) in [6.45, 7) is 4.49. The standard InChI is InChI=1S/C31H40O2S/c1-3-5-7-8-9-10-12-14-29-23-24-30(34-29)31(32)33-28-21-19-27(20-22-28)26-17-15-25(16-18-26)13-11-6-4-2/h15-24H,3-14H2,1-2H3. The average Bonchev–Trinajstić information content (AvgIpc) is 3.34. The van der Waals surface area contributed by atoms with Crippen molar-refractivity contribution in [2.24, 2.45) is 0 Å². The molecule has 0 saturated heterocycles. The van der Waals surface area contributed by atoms with Crippen LogP contribution >= 0.6 is 11.3 Å². The smallest absolute Gasteiger partial charge is 0.353 e. The van der Waals surface area contributed by atoms with Crippen LogP contribution in [-0.2, 0) is 12.8 Å². The van der Waals surface area contributed by atoms with Gasteiger partial charge in [-0.1, -0.05) is 102 Å². The van der Waals surface area contributed by atoms with Crippen LogP contribution in [0.4, 0.5) is 0 Å². The number of thiophene rings is 1. The molecule has 2 aromatic carbocycles. The van der Waals surface area contributed by atoms with Gasteiger partial charge < -0.3 is 4.74 Å². The van der Waals surface area contributed by atoms with Gasteiger partial charge in [-0.2, -0.15) is 0 Å². The number of rotatable bonds is 15. The zero-order valence-electron chi connectivity index (χ0n) is 21.0. The van der Waals surface area contributed by atoms with Crippen LogP contribution in [0.3, 0.4) is 0 Å². The predicted molar refractivity (Wildman–Crippen MR) is 146 cm³/mol. The average molecular weight is 477 g/mol. The molecule has 0 saturated carbocycles.